The summed E-state index contributed by atoms with van der Waals surface area (Å²) in [5.74, 6) is -0.865. The Hall–Kier alpha value is -7.40. The van der Waals surface area contributed by atoms with Crippen molar-refractivity contribution >= 4 is 90.8 Å². The summed E-state index contributed by atoms with van der Waals surface area (Å²) in [5.41, 5.74) is 6.51. The number of fused-ring (bicyclic) bond motifs is 3. The number of thioether (sulfide) groups is 1. The lowest BCUT2D eigenvalue weighted by molar-refractivity contribution is -0.150. The van der Waals surface area contributed by atoms with E-state index in [2.05, 4.69) is 5.32 Å². The monoisotopic (exact) mass is 1060 g/mol. The quantitative estimate of drug-likeness (QED) is 0.0577. The van der Waals surface area contributed by atoms with E-state index < -0.39 is 33.3 Å². The number of carboxylic acid groups (broad SMARTS) is 1. The molecule has 6 aromatic carbocycles. The summed E-state index contributed by atoms with van der Waals surface area (Å²) in [4.78, 5) is 41.8. The van der Waals surface area contributed by atoms with E-state index in [1.165, 1.54) is 28.0 Å². The molecule has 3 aliphatic heterocycles. The minimum atomic E-state index is -4.15. The van der Waals surface area contributed by atoms with E-state index in [1.54, 1.807) is 36.4 Å². The molecule has 374 valence electrons. The molecule has 0 bridgehead atoms. The van der Waals surface area contributed by atoms with Gasteiger partial charge in [-0.1, -0.05) is 108 Å². The fourth-order valence-corrected chi connectivity index (χ4v) is 12.6. The summed E-state index contributed by atoms with van der Waals surface area (Å²) in [5, 5.41) is 15.1. The molecule has 1 aliphatic carbocycles. The SMILES string of the molecule is CN(c1ccc2c(-c3ccccc3S(=O)(=O)N(C)Cc3ccc(OCC4=C(C(=O)O)N5C(=O)[C@@H](NC(=O)Cc6ccccc6)C5SC4)cc3)c3ccc(=[N+](C)c4ccccc4Cl)cc-3oc2c1)c1ccccc1Cl. The highest BCUT2D eigenvalue weighted by atomic mass is 35.5. The van der Waals surface area contributed by atoms with Crippen LogP contribution in [0.2, 0.25) is 10.0 Å². The second kappa shape index (κ2) is 20.8. The Morgan fingerprint density at radius 2 is 1.53 bits per heavy atom. The lowest BCUT2D eigenvalue weighted by Crippen LogP contribution is -2.70. The number of hydrogen-bond donors (Lipinski definition) is 2. The number of β-lactam (4-membered cyclic amide) rings is 1. The largest absolute Gasteiger partial charge is 0.489 e. The second-order valence-corrected chi connectivity index (χ2v) is 21.9. The molecule has 2 amide bonds. The first-order valence-corrected chi connectivity index (χ1v) is 26.7. The fraction of sp³-hybridized carbons (Fsp3) is 0.158. The number of ether oxygens (including phenoxy) is 1. The predicted octanol–water partition coefficient (Wildman–Crippen LogP) is 10.2. The molecule has 0 spiro atoms. The molecule has 1 fully saturated rings. The van der Waals surface area contributed by atoms with Crippen molar-refractivity contribution in [1.82, 2.24) is 19.1 Å². The van der Waals surface area contributed by atoms with Crippen LogP contribution in [0.4, 0.5) is 17.1 Å². The van der Waals surface area contributed by atoms with Gasteiger partial charge in [-0.15, -0.1) is 11.8 Å². The smallest absolute Gasteiger partial charge is 0.352 e. The second-order valence-electron chi connectivity index (χ2n) is 17.9. The van der Waals surface area contributed by atoms with Crippen molar-refractivity contribution in [2.45, 2.75) is 29.3 Å². The van der Waals surface area contributed by atoms with E-state index in [0.717, 1.165) is 28.0 Å². The Labute approximate surface area is 441 Å². The maximum absolute atomic E-state index is 14.9. The Morgan fingerprint density at radius 1 is 0.824 bits per heavy atom. The summed E-state index contributed by atoms with van der Waals surface area (Å²) in [6.07, 6.45) is 0.0987. The van der Waals surface area contributed by atoms with Gasteiger partial charge >= 0.3 is 5.97 Å². The highest BCUT2D eigenvalue weighted by Crippen LogP contribution is 2.45. The van der Waals surface area contributed by atoms with Crippen molar-refractivity contribution < 1.29 is 37.1 Å². The molecule has 0 radical (unpaired) electrons. The van der Waals surface area contributed by atoms with Crippen molar-refractivity contribution in [1.29, 1.82) is 0 Å². The van der Waals surface area contributed by atoms with E-state index in [-0.39, 0.29) is 41.8 Å². The number of carbonyl (C=O) groups is 3. The fourth-order valence-electron chi connectivity index (χ4n) is 9.37. The number of carboxylic acids is 1. The van der Waals surface area contributed by atoms with Crippen molar-refractivity contribution in [2.75, 3.05) is 38.4 Å². The number of benzene rings is 7. The van der Waals surface area contributed by atoms with Gasteiger partial charge in [0.25, 0.3) is 5.91 Å². The maximum atomic E-state index is 14.9. The predicted molar refractivity (Wildman–Crippen MR) is 291 cm³/mol. The van der Waals surface area contributed by atoms with Gasteiger partial charge in [-0.3, -0.25) is 14.5 Å². The first-order valence-electron chi connectivity index (χ1n) is 23.5. The molecule has 3 heterocycles. The summed E-state index contributed by atoms with van der Waals surface area (Å²) >= 11 is 14.6. The lowest BCUT2D eigenvalue weighted by Gasteiger charge is -2.49. The molecule has 0 aromatic heterocycles. The summed E-state index contributed by atoms with van der Waals surface area (Å²) in [7, 11) is 1.22. The minimum Gasteiger partial charge on any atom is -0.489 e. The van der Waals surface area contributed by atoms with E-state index in [4.69, 9.17) is 32.4 Å². The average Bonchev–Trinajstić information content (AvgIpc) is 3.41. The van der Waals surface area contributed by atoms with Crippen molar-refractivity contribution in [2.24, 2.45) is 0 Å². The Balaban J connectivity index is 0.906. The molecule has 13 nitrogen and oxygen atoms in total. The topological polar surface area (TPSA) is 153 Å². The van der Waals surface area contributed by atoms with Gasteiger partial charge in [-0.05, 0) is 65.7 Å². The summed E-state index contributed by atoms with van der Waals surface area (Å²) in [6.45, 7) is -0.0833. The first-order chi connectivity index (χ1) is 35.7. The molecular weight excluding hydrogens is 1020 g/mol. The molecule has 4 aliphatic rings. The summed E-state index contributed by atoms with van der Waals surface area (Å²) in [6, 6.07) is 48.9. The van der Waals surface area contributed by atoms with Crippen molar-refractivity contribution in [3.8, 4) is 28.2 Å². The van der Waals surface area contributed by atoms with Crippen LogP contribution < -0.4 is 24.9 Å². The van der Waals surface area contributed by atoms with Crippen LogP contribution in [0, 0.1) is 0 Å². The Bertz CT molecular complexity index is 3700. The molecule has 74 heavy (non-hydrogen) atoms. The molecule has 0 saturated carbocycles. The van der Waals surface area contributed by atoms with Crippen LogP contribution in [0.5, 0.6) is 5.75 Å². The van der Waals surface area contributed by atoms with Gasteiger partial charge in [0, 0.05) is 77.9 Å². The zero-order chi connectivity index (χ0) is 51.8. The van der Waals surface area contributed by atoms with Gasteiger partial charge in [0.1, 0.15) is 52.9 Å². The molecule has 17 heteroatoms. The molecular formula is C57H48Cl2N5O8S2+. The van der Waals surface area contributed by atoms with Gasteiger partial charge in [-0.25, -0.2) is 13.2 Å². The standard InChI is InChI=1S/C57H47Cl2N5O8S2/c1-61(32-36-21-25-40(26-22-36)71-33-37-34-73-56-53(55(66)64(56)54(37)57(67)68)60-51(65)29-35-13-5-4-6-14-35)74(69,70)50-20-12-7-15-43(50)52-41-27-23-38(62(2)46-18-10-8-16-44(46)58)30-48(41)72-49-31-39(24-28-42(49)52)63(3)47-19-11-9-17-45(47)59/h4-28,30-31,53,56H,29,32-34H2,1-3H3,(H-,60,65,67,68)/p+1/t53-,56?/m1/s1. The number of nitrogens with one attached hydrogen (secondary N) is 1. The zero-order valence-electron chi connectivity index (χ0n) is 40.2. The molecule has 2 N–H and O–H groups in total. The first kappa shape index (κ1) is 50.1. The summed E-state index contributed by atoms with van der Waals surface area (Å²) < 4.78 is 45.8. The number of para-hydroxylation sites is 2. The number of rotatable bonds is 15. The number of aliphatic carboxylic acids is 1. The van der Waals surface area contributed by atoms with Crippen LogP contribution in [0.25, 0.3) is 33.4 Å². The third kappa shape index (κ3) is 9.76. The van der Waals surface area contributed by atoms with Crippen LogP contribution in [0.3, 0.4) is 0 Å². The highest BCUT2D eigenvalue weighted by molar-refractivity contribution is 8.00. The van der Waals surface area contributed by atoms with E-state index in [9.17, 15) is 27.9 Å². The Kier molecular flexibility index (Phi) is 14.1. The number of anilines is 2. The number of hydrogen-bond acceptors (Lipinski definition) is 9. The minimum absolute atomic E-state index is 0.0184. The van der Waals surface area contributed by atoms with E-state index in [1.807, 2.05) is 151 Å². The van der Waals surface area contributed by atoms with Gasteiger partial charge in [-0.2, -0.15) is 8.88 Å². The van der Waals surface area contributed by atoms with Crippen LogP contribution in [0.15, 0.2) is 184 Å². The third-order valence-corrected chi connectivity index (χ3v) is 17.1. The molecule has 2 atom stereocenters. The van der Waals surface area contributed by atoms with Gasteiger partial charge in [0.15, 0.2) is 0 Å². The van der Waals surface area contributed by atoms with E-state index in [0.29, 0.717) is 60.4 Å². The van der Waals surface area contributed by atoms with Crippen molar-refractivity contribution in [3.63, 3.8) is 0 Å². The molecule has 10 rings (SSSR count). The van der Waals surface area contributed by atoms with Gasteiger partial charge < -0.3 is 24.5 Å². The lowest BCUT2D eigenvalue weighted by atomic mass is 9.93. The average molecular weight is 1070 g/mol. The number of nitrogens with zero attached hydrogens (tertiary/aromatic N) is 4. The number of amides is 2. The molecule has 6 aromatic rings. The number of carbonyl (C=O) groups excluding carboxylic acids is 2. The number of halogens is 2. The van der Waals surface area contributed by atoms with Crippen LogP contribution >= 0.6 is 35.0 Å². The third-order valence-electron chi connectivity index (χ3n) is 13.3. The van der Waals surface area contributed by atoms with Crippen LogP contribution in [-0.2, 0) is 37.4 Å². The molecule has 1 unspecified atom stereocenters. The number of sulfonamides is 1. The highest BCUT2D eigenvalue weighted by Gasteiger charge is 2.54. The van der Waals surface area contributed by atoms with Gasteiger partial charge in [0.05, 0.1) is 28.1 Å². The van der Waals surface area contributed by atoms with Crippen LogP contribution in [0.1, 0.15) is 11.1 Å². The normalized spacial score (nSPS) is 16.0. The maximum Gasteiger partial charge on any atom is 0.352 e. The van der Waals surface area contributed by atoms with E-state index >= 15 is 0 Å². The van der Waals surface area contributed by atoms with Gasteiger partial charge in [0.2, 0.25) is 27.0 Å². The van der Waals surface area contributed by atoms with Crippen molar-refractivity contribution in [3.05, 3.63) is 202 Å². The Morgan fingerprint density at radius 3 is 2.27 bits per heavy atom. The van der Waals surface area contributed by atoms with Crippen LogP contribution in [-0.4, -0.2) is 85.4 Å². The molecule has 1 saturated heterocycles. The zero-order valence-corrected chi connectivity index (χ0v) is 43.4.